The lowest BCUT2D eigenvalue weighted by molar-refractivity contribution is 1.28. The quantitative estimate of drug-likeness (QED) is 0.229. The van der Waals surface area contributed by atoms with Crippen LogP contribution in [0.2, 0.25) is 0 Å². The van der Waals surface area contributed by atoms with Gasteiger partial charge in [0.2, 0.25) is 0 Å². The maximum atomic E-state index is 9.51. The molecule has 4 aromatic rings. The average molecular weight is 454 g/mol. The first-order chi connectivity index (χ1) is 16.8. The fraction of sp³-hybridized carbons (Fsp3) is 0. The minimum absolute atomic E-state index is 0.112. The van der Waals surface area contributed by atoms with Gasteiger partial charge in [0.25, 0.3) is 5.70 Å². The summed E-state index contributed by atoms with van der Waals surface area (Å²) < 4.78 is 0. The first-order valence-electron chi connectivity index (χ1n) is 10.8. The van der Waals surface area contributed by atoms with E-state index in [-0.39, 0.29) is 5.70 Å². The van der Waals surface area contributed by atoms with Crippen LogP contribution < -0.4 is 4.90 Å². The summed E-state index contributed by atoms with van der Waals surface area (Å²) in [5.74, 6) is 0. The van der Waals surface area contributed by atoms with Crippen molar-refractivity contribution in [1.82, 2.24) is 0 Å². The maximum absolute atomic E-state index is 9.51. The zero-order valence-corrected chi connectivity index (χ0v) is 19.0. The van der Waals surface area contributed by atoms with Crippen molar-refractivity contribution >= 4 is 39.3 Å². The summed E-state index contributed by atoms with van der Waals surface area (Å²) >= 11 is 1.66. The normalized spacial score (nSPS) is 13.6. The van der Waals surface area contributed by atoms with Gasteiger partial charge in [0.15, 0.2) is 0 Å². The van der Waals surface area contributed by atoms with Gasteiger partial charge >= 0.3 is 0 Å². The van der Waals surface area contributed by atoms with E-state index >= 15 is 0 Å². The minimum Gasteiger partial charge on any atom is -0.311 e. The van der Waals surface area contributed by atoms with E-state index < -0.39 is 0 Å². The third-order valence-electron chi connectivity index (χ3n) is 5.58. The van der Waals surface area contributed by atoms with Crippen molar-refractivity contribution in [2.24, 2.45) is 0 Å². The molecule has 0 bridgehead atoms. The van der Waals surface area contributed by atoms with Gasteiger partial charge in [-0.1, -0.05) is 78.5 Å². The Labute approximate surface area is 203 Å². The van der Waals surface area contributed by atoms with Gasteiger partial charge in [0.1, 0.15) is 0 Å². The molecule has 0 fully saturated rings. The van der Waals surface area contributed by atoms with E-state index in [1.54, 1.807) is 11.8 Å². The molecule has 0 aromatic heterocycles. The highest BCUT2D eigenvalue weighted by atomic mass is 32.2. The zero-order chi connectivity index (χ0) is 23.3. The van der Waals surface area contributed by atoms with E-state index in [4.69, 9.17) is 6.57 Å². The molecule has 4 aromatic carbocycles. The van der Waals surface area contributed by atoms with E-state index in [2.05, 4.69) is 64.3 Å². The predicted octanol–water partition coefficient (Wildman–Crippen LogP) is 8.46. The molecule has 1 heterocycles. The van der Waals surface area contributed by atoms with Crippen molar-refractivity contribution < 1.29 is 0 Å². The smallest absolute Gasteiger partial charge is 0.269 e. The second-order valence-electron chi connectivity index (χ2n) is 7.65. The van der Waals surface area contributed by atoms with Crippen LogP contribution in [0, 0.1) is 17.9 Å². The van der Waals surface area contributed by atoms with Crippen molar-refractivity contribution in [3.8, 4) is 6.07 Å². The van der Waals surface area contributed by atoms with Crippen LogP contribution in [0.5, 0.6) is 0 Å². The SMILES string of the molecule is [C-]#[N+]/C(C#N)=C1/C=C(c2ccc(N(c3ccccc3)c3ccccc3)cc2)Sc2ccccc21. The van der Waals surface area contributed by atoms with Crippen LogP contribution in [0.4, 0.5) is 17.1 Å². The van der Waals surface area contributed by atoms with Crippen LogP contribution in [-0.4, -0.2) is 0 Å². The number of benzene rings is 4. The predicted molar refractivity (Wildman–Crippen MR) is 141 cm³/mol. The molecule has 0 unspecified atom stereocenters. The standard InChI is InChI=1S/C30H19N3S/c1-32-28(21-31)27-20-30(34-29-15-9-8-14-26(27)29)22-16-18-25(19-17-22)33(23-10-4-2-5-11-23)24-12-6-3-7-13-24/h2-20H/b28-27-. The molecule has 160 valence electrons. The lowest BCUT2D eigenvalue weighted by Gasteiger charge is -2.26. The summed E-state index contributed by atoms with van der Waals surface area (Å²) in [4.78, 5) is 7.75. The minimum atomic E-state index is 0.112. The van der Waals surface area contributed by atoms with Crippen LogP contribution in [0.1, 0.15) is 11.1 Å². The summed E-state index contributed by atoms with van der Waals surface area (Å²) in [6.07, 6.45) is 1.96. The van der Waals surface area contributed by atoms with E-state index in [0.29, 0.717) is 5.57 Å². The number of rotatable bonds is 4. The Kier molecular flexibility index (Phi) is 5.99. The summed E-state index contributed by atoms with van der Waals surface area (Å²) in [6.45, 7) is 7.45. The Morgan fingerprint density at radius 1 is 0.735 bits per heavy atom. The topological polar surface area (TPSA) is 31.4 Å². The molecule has 3 nitrogen and oxygen atoms in total. The van der Waals surface area contributed by atoms with Gasteiger partial charge < -0.3 is 4.90 Å². The van der Waals surface area contributed by atoms with Crippen LogP contribution in [-0.2, 0) is 0 Å². The zero-order valence-electron chi connectivity index (χ0n) is 18.2. The Morgan fingerprint density at radius 2 is 1.29 bits per heavy atom. The second kappa shape index (κ2) is 9.55. The Bertz CT molecular complexity index is 1420. The number of anilines is 3. The summed E-state index contributed by atoms with van der Waals surface area (Å²) in [7, 11) is 0. The number of hydrogen-bond donors (Lipinski definition) is 0. The summed E-state index contributed by atoms with van der Waals surface area (Å²) in [5, 5.41) is 9.51. The van der Waals surface area contributed by atoms with Crippen molar-refractivity contribution in [3.05, 3.63) is 144 Å². The molecule has 5 rings (SSSR count). The van der Waals surface area contributed by atoms with Crippen molar-refractivity contribution in [2.75, 3.05) is 4.90 Å². The fourth-order valence-corrected chi connectivity index (χ4v) is 5.10. The van der Waals surface area contributed by atoms with Gasteiger partial charge in [0, 0.05) is 32.4 Å². The highest BCUT2D eigenvalue weighted by Gasteiger charge is 2.20. The second-order valence-corrected chi connectivity index (χ2v) is 8.73. The molecule has 34 heavy (non-hydrogen) atoms. The molecule has 1 aliphatic rings. The highest BCUT2D eigenvalue weighted by Crippen LogP contribution is 2.46. The van der Waals surface area contributed by atoms with E-state index in [1.807, 2.05) is 66.7 Å². The molecule has 4 heteroatoms. The van der Waals surface area contributed by atoms with Crippen LogP contribution >= 0.6 is 11.8 Å². The maximum Gasteiger partial charge on any atom is 0.269 e. The first kappa shape index (κ1) is 21.3. The van der Waals surface area contributed by atoms with Crippen molar-refractivity contribution in [3.63, 3.8) is 0 Å². The number of allylic oxidation sites excluding steroid dienone is 3. The number of para-hydroxylation sites is 2. The molecule has 0 radical (unpaired) electrons. The van der Waals surface area contributed by atoms with Crippen molar-refractivity contribution in [2.45, 2.75) is 4.90 Å². The lowest BCUT2D eigenvalue weighted by Crippen LogP contribution is -2.09. The van der Waals surface area contributed by atoms with E-state index in [0.717, 1.165) is 38.0 Å². The molecule has 0 amide bonds. The van der Waals surface area contributed by atoms with Gasteiger partial charge in [-0.05, 0) is 59.7 Å². The number of thioether (sulfide) groups is 1. The largest absolute Gasteiger partial charge is 0.311 e. The molecule has 1 aliphatic heterocycles. The van der Waals surface area contributed by atoms with E-state index in [1.165, 1.54) is 0 Å². The molecule has 0 aliphatic carbocycles. The molecular weight excluding hydrogens is 434 g/mol. The monoisotopic (exact) mass is 453 g/mol. The molecule has 0 spiro atoms. The highest BCUT2D eigenvalue weighted by molar-refractivity contribution is 8.08. The molecule has 0 N–H and O–H groups in total. The average Bonchev–Trinajstić information content (AvgIpc) is 2.91. The number of nitrogens with zero attached hydrogens (tertiary/aromatic N) is 3. The number of nitriles is 1. The molecule has 0 saturated carbocycles. The lowest BCUT2D eigenvalue weighted by atomic mass is 10.0. The summed E-state index contributed by atoms with van der Waals surface area (Å²) in [6, 6.07) is 39.0. The van der Waals surface area contributed by atoms with Crippen LogP contribution in [0.3, 0.4) is 0 Å². The molecule has 0 saturated heterocycles. The third kappa shape index (κ3) is 4.11. The fourth-order valence-electron chi connectivity index (χ4n) is 3.99. The first-order valence-corrected chi connectivity index (χ1v) is 11.6. The Hall–Kier alpha value is -4.51. The molecular formula is C30H19N3S. The van der Waals surface area contributed by atoms with Crippen molar-refractivity contribution in [1.29, 1.82) is 5.26 Å². The van der Waals surface area contributed by atoms with Gasteiger partial charge in [-0.3, -0.25) is 0 Å². The van der Waals surface area contributed by atoms with Gasteiger partial charge in [0.05, 0.1) is 12.6 Å². The number of hydrogen-bond acceptors (Lipinski definition) is 3. The molecule has 0 atom stereocenters. The third-order valence-corrected chi connectivity index (χ3v) is 6.73. The Balaban J connectivity index is 1.56. The van der Waals surface area contributed by atoms with Gasteiger partial charge in [-0.2, -0.15) is 0 Å². The summed E-state index contributed by atoms with van der Waals surface area (Å²) in [5.41, 5.74) is 5.99. The van der Waals surface area contributed by atoms with Crippen LogP contribution in [0.25, 0.3) is 15.3 Å². The Morgan fingerprint density at radius 3 is 1.88 bits per heavy atom. The van der Waals surface area contributed by atoms with E-state index in [9.17, 15) is 5.26 Å². The van der Waals surface area contributed by atoms with Crippen LogP contribution in [0.15, 0.2) is 126 Å². The number of fused-ring (bicyclic) bond motifs is 1. The van der Waals surface area contributed by atoms with Gasteiger partial charge in [-0.25, -0.2) is 10.1 Å². The van der Waals surface area contributed by atoms with Gasteiger partial charge in [-0.15, -0.1) is 0 Å².